The first-order valence-electron chi connectivity index (χ1n) is 8.45. The Hall–Kier alpha value is -2.13. The van der Waals surface area contributed by atoms with Crippen molar-refractivity contribution in [2.45, 2.75) is 0 Å². The maximum atomic E-state index is 15.1. The van der Waals surface area contributed by atoms with E-state index in [1.54, 1.807) is 0 Å². The van der Waals surface area contributed by atoms with Crippen LogP contribution in [0.1, 0.15) is 15.9 Å². The topological polar surface area (TPSA) is 86.4 Å². The molecule has 0 aliphatic rings. The van der Waals surface area contributed by atoms with E-state index in [2.05, 4.69) is 19.2 Å². The van der Waals surface area contributed by atoms with E-state index in [0.29, 0.717) is 9.95 Å². The number of halogens is 3. The highest BCUT2D eigenvalue weighted by atomic mass is 35.5. The highest BCUT2D eigenvalue weighted by Gasteiger charge is 2.29. The number of nitrogens with zero attached hydrogens (tertiary/aromatic N) is 3. The van der Waals surface area contributed by atoms with Crippen LogP contribution in [0.15, 0.2) is 30.6 Å². The number of rotatable bonds is 5. The molecule has 12 heteroatoms. The number of hydrogen-bond donors (Lipinski definition) is 1. The molecule has 3 rings (SSSR count). The van der Waals surface area contributed by atoms with E-state index in [1.165, 1.54) is 32.6 Å². The van der Waals surface area contributed by atoms with Crippen molar-refractivity contribution < 1.29 is 22.0 Å². The van der Waals surface area contributed by atoms with Gasteiger partial charge in [-0.15, -0.1) is 9.24 Å². The van der Waals surface area contributed by atoms with Crippen molar-refractivity contribution >= 4 is 53.6 Å². The first-order chi connectivity index (χ1) is 14.1. The molecule has 2 aromatic heterocycles. The number of H-pyrrole nitrogens is 1. The van der Waals surface area contributed by atoms with E-state index in [1.807, 2.05) is 6.66 Å². The number of benzene rings is 1. The van der Waals surface area contributed by atoms with Crippen molar-refractivity contribution in [2.24, 2.45) is 0 Å². The van der Waals surface area contributed by atoms with Crippen LogP contribution in [0.25, 0.3) is 11.0 Å². The summed E-state index contributed by atoms with van der Waals surface area (Å²) in [6, 6.07) is 3.24. The fourth-order valence-corrected chi connectivity index (χ4v) is 3.70. The zero-order chi connectivity index (χ0) is 22.8. The molecule has 2 heterocycles. The lowest BCUT2D eigenvalue weighted by Crippen LogP contribution is -2.38. The molecule has 1 N–H and O–H groups in total. The van der Waals surface area contributed by atoms with Gasteiger partial charge in [-0.2, -0.15) is 12.7 Å². The van der Waals surface area contributed by atoms with E-state index in [9.17, 15) is 17.6 Å². The van der Waals surface area contributed by atoms with Gasteiger partial charge in [0, 0.05) is 44.5 Å². The van der Waals surface area contributed by atoms with Crippen molar-refractivity contribution in [3.05, 3.63) is 58.4 Å². The number of nitrogens with one attached hydrogen (secondary N) is 1. The number of carbonyl (C=O) groups excluding carboxylic acids is 1. The average Bonchev–Trinajstić information content (AvgIpc) is 3.12. The molecule has 0 bridgehead atoms. The van der Waals surface area contributed by atoms with Gasteiger partial charge in [0.05, 0.1) is 16.3 Å². The predicted octanol–water partition coefficient (Wildman–Crippen LogP) is 3.46. The number of pyridine rings is 1. The summed E-state index contributed by atoms with van der Waals surface area (Å²) in [5, 5.41) is 0.531. The quantitative estimate of drug-likeness (QED) is 0.451. The minimum Gasteiger partial charge on any atom is -0.345 e. The maximum Gasteiger partial charge on any atom is 0.303 e. The molecular formula is C18H20ClF2N4O3PS. The van der Waals surface area contributed by atoms with Gasteiger partial charge < -0.3 is 4.98 Å². The van der Waals surface area contributed by atoms with E-state index >= 15 is 4.39 Å². The fourth-order valence-electron chi connectivity index (χ4n) is 2.66. The summed E-state index contributed by atoms with van der Waals surface area (Å²) < 4.78 is 55.5. The number of anilines is 1. The summed E-state index contributed by atoms with van der Waals surface area (Å²) in [6.07, 6.45) is 2.62. The Balaban J connectivity index is 0.00000155. The Bertz CT molecular complexity index is 1200. The normalized spacial score (nSPS) is 11.4. The van der Waals surface area contributed by atoms with Crippen molar-refractivity contribution in [1.82, 2.24) is 14.3 Å². The molecule has 7 nitrogen and oxygen atoms in total. The molecule has 1 unspecified atom stereocenters. The fraction of sp³-hybridized carbons (Fsp3) is 0.222. The Morgan fingerprint density at radius 1 is 1.20 bits per heavy atom. The van der Waals surface area contributed by atoms with Gasteiger partial charge in [0.1, 0.15) is 11.5 Å². The smallest absolute Gasteiger partial charge is 0.303 e. The monoisotopic (exact) mass is 476 g/mol. The van der Waals surface area contributed by atoms with Gasteiger partial charge in [0.2, 0.25) is 5.78 Å². The van der Waals surface area contributed by atoms with Crippen LogP contribution in [0.2, 0.25) is 5.02 Å². The van der Waals surface area contributed by atoms with Gasteiger partial charge in [-0.1, -0.05) is 18.3 Å². The lowest BCUT2D eigenvalue weighted by Gasteiger charge is -2.24. The van der Waals surface area contributed by atoms with Crippen molar-refractivity contribution in [1.29, 1.82) is 0 Å². The van der Waals surface area contributed by atoms with E-state index in [0.717, 1.165) is 23.5 Å². The van der Waals surface area contributed by atoms with Crippen LogP contribution >= 0.6 is 20.8 Å². The number of ketones is 1. The van der Waals surface area contributed by atoms with Gasteiger partial charge in [0.15, 0.2) is 5.82 Å². The Kier molecular flexibility index (Phi) is 7.52. The molecule has 0 saturated carbocycles. The minimum atomic E-state index is -4.04. The molecule has 3 aromatic rings. The van der Waals surface area contributed by atoms with Crippen LogP contribution in [0.5, 0.6) is 0 Å². The summed E-state index contributed by atoms with van der Waals surface area (Å²) in [4.78, 5) is 19.6. The van der Waals surface area contributed by atoms with E-state index < -0.39 is 38.9 Å². The van der Waals surface area contributed by atoms with E-state index in [-0.39, 0.29) is 16.0 Å². The molecule has 30 heavy (non-hydrogen) atoms. The zero-order valence-corrected chi connectivity index (χ0v) is 19.3. The van der Waals surface area contributed by atoms with Crippen LogP contribution < -0.4 is 4.31 Å². The molecule has 162 valence electrons. The van der Waals surface area contributed by atoms with Gasteiger partial charge in [-0.25, -0.2) is 13.8 Å². The van der Waals surface area contributed by atoms with Gasteiger partial charge >= 0.3 is 10.2 Å². The first kappa shape index (κ1) is 24.1. The van der Waals surface area contributed by atoms with Gasteiger partial charge in [0.25, 0.3) is 0 Å². The molecule has 0 amide bonds. The Morgan fingerprint density at radius 2 is 1.83 bits per heavy atom. The van der Waals surface area contributed by atoms with Crippen LogP contribution in [0.3, 0.4) is 0 Å². The highest BCUT2D eigenvalue weighted by molar-refractivity contribution is 7.90. The number of aromatic amines is 1. The summed E-state index contributed by atoms with van der Waals surface area (Å²) in [5.74, 6) is -3.38. The molecule has 1 atom stereocenters. The van der Waals surface area contributed by atoms with Crippen LogP contribution in [0.4, 0.5) is 14.5 Å². The largest absolute Gasteiger partial charge is 0.345 e. The third-order valence-corrected chi connectivity index (χ3v) is 6.21. The van der Waals surface area contributed by atoms with Crippen LogP contribution in [-0.2, 0) is 10.2 Å². The number of hydrogen-bond acceptors (Lipinski definition) is 4. The molecule has 0 aliphatic heterocycles. The second-order valence-electron chi connectivity index (χ2n) is 6.09. The Morgan fingerprint density at radius 3 is 2.43 bits per heavy atom. The van der Waals surface area contributed by atoms with E-state index in [4.69, 9.17) is 11.6 Å². The number of aromatic nitrogens is 2. The van der Waals surface area contributed by atoms with Crippen LogP contribution in [-0.4, -0.2) is 56.3 Å². The molecule has 0 fully saturated rings. The average molecular weight is 477 g/mol. The maximum absolute atomic E-state index is 15.1. The SMILES string of the molecule is CN(C)S(=O)(=O)N(C)c1ccc(F)c(C(=O)c2c[nH]c3ncc(Cl)cc23)c1F.CP. The minimum absolute atomic E-state index is 0.0435. The summed E-state index contributed by atoms with van der Waals surface area (Å²) in [5.41, 5.74) is -1.07. The molecule has 1 aromatic carbocycles. The van der Waals surface area contributed by atoms with Crippen molar-refractivity contribution in [2.75, 3.05) is 32.1 Å². The van der Waals surface area contributed by atoms with Crippen molar-refractivity contribution in [3.63, 3.8) is 0 Å². The summed E-state index contributed by atoms with van der Waals surface area (Å²) in [7, 11) is 2.01. The molecule has 0 spiro atoms. The lowest BCUT2D eigenvalue weighted by atomic mass is 10.0. The standard InChI is InChI=1S/C17H15ClF2N4O3S.CH5P/c1-23(2)28(26,27)24(3)13-5-4-12(19)14(15(13)20)16(25)11-8-22-17-10(11)6-9(18)7-21-17;1-2/h4-8H,1-3H3,(H,21,22);2H2,1H3. The summed E-state index contributed by atoms with van der Waals surface area (Å²) >= 11 is 5.89. The van der Waals surface area contributed by atoms with Gasteiger partial charge in [-0.3, -0.25) is 9.10 Å². The lowest BCUT2D eigenvalue weighted by molar-refractivity contribution is 0.103. The third kappa shape index (κ3) is 4.32. The molecule has 0 radical (unpaired) electrons. The second-order valence-corrected chi connectivity index (χ2v) is 8.70. The molecular weight excluding hydrogens is 457 g/mol. The first-order valence-corrected chi connectivity index (χ1v) is 11.4. The molecule has 0 aliphatic carbocycles. The van der Waals surface area contributed by atoms with Gasteiger partial charge in [-0.05, 0) is 18.2 Å². The second kappa shape index (κ2) is 9.34. The zero-order valence-electron chi connectivity index (χ0n) is 16.6. The highest BCUT2D eigenvalue weighted by Crippen LogP contribution is 2.30. The number of fused-ring (bicyclic) bond motifs is 1. The summed E-state index contributed by atoms with van der Waals surface area (Å²) in [6.45, 7) is 1.92. The third-order valence-electron chi connectivity index (χ3n) is 4.19. The number of carbonyl (C=O) groups is 1. The van der Waals surface area contributed by atoms with Crippen LogP contribution in [0, 0.1) is 11.6 Å². The predicted molar refractivity (Wildman–Crippen MR) is 118 cm³/mol. The Labute approximate surface area is 180 Å². The van der Waals surface area contributed by atoms with Crippen molar-refractivity contribution in [3.8, 4) is 0 Å². The molecule has 0 saturated heterocycles.